The number of H-pyrrole nitrogens is 1. The molecule has 0 spiro atoms. The molecule has 7 nitrogen and oxygen atoms in total. The van der Waals surface area contributed by atoms with Crippen LogP contribution in [0.2, 0.25) is 5.02 Å². The number of anilines is 1. The number of hydrogen-bond donors (Lipinski definition) is 2. The number of hydrogen-bond acceptors (Lipinski definition) is 5. The van der Waals surface area contributed by atoms with Crippen molar-refractivity contribution in [3.8, 4) is 0 Å². The van der Waals surface area contributed by atoms with Gasteiger partial charge >= 0.3 is 0 Å². The SMILES string of the molecule is O=C(c1c(F)ccc(NS(=O)(=O)c2cccnc2)c1F)c1c[nH]c2ncc(Cl)cc12. The summed E-state index contributed by atoms with van der Waals surface area (Å²) in [4.78, 5) is 23.1. The van der Waals surface area contributed by atoms with Crippen molar-refractivity contribution in [1.82, 2.24) is 15.0 Å². The third kappa shape index (κ3) is 3.51. The number of pyridine rings is 2. The number of carbonyl (C=O) groups excluding carboxylic acids is 1. The Morgan fingerprint density at radius 1 is 1.17 bits per heavy atom. The second-order valence-electron chi connectivity index (χ2n) is 6.16. The van der Waals surface area contributed by atoms with Crippen LogP contribution in [0.1, 0.15) is 15.9 Å². The highest BCUT2D eigenvalue weighted by Crippen LogP contribution is 2.28. The fourth-order valence-corrected chi connectivity index (χ4v) is 4.03. The third-order valence-electron chi connectivity index (χ3n) is 4.25. The Morgan fingerprint density at radius 3 is 2.70 bits per heavy atom. The van der Waals surface area contributed by atoms with Crippen LogP contribution < -0.4 is 4.72 Å². The van der Waals surface area contributed by atoms with Gasteiger partial charge in [0.15, 0.2) is 5.82 Å². The van der Waals surface area contributed by atoms with Crippen molar-refractivity contribution in [3.63, 3.8) is 0 Å². The molecule has 0 aliphatic heterocycles. The Bertz CT molecular complexity index is 1390. The van der Waals surface area contributed by atoms with Crippen molar-refractivity contribution in [1.29, 1.82) is 0 Å². The van der Waals surface area contributed by atoms with E-state index in [4.69, 9.17) is 11.6 Å². The summed E-state index contributed by atoms with van der Waals surface area (Å²) in [5, 5.41) is 0.503. The molecule has 0 atom stereocenters. The summed E-state index contributed by atoms with van der Waals surface area (Å²) in [6.45, 7) is 0. The van der Waals surface area contributed by atoms with Crippen LogP contribution in [0.4, 0.5) is 14.5 Å². The molecule has 4 aromatic rings. The molecule has 0 fully saturated rings. The zero-order valence-corrected chi connectivity index (χ0v) is 16.4. The van der Waals surface area contributed by atoms with Crippen LogP contribution >= 0.6 is 11.6 Å². The number of nitrogens with zero attached hydrogens (tertiary/aromatic N) is 2. The zero-order valence-electron chi connectivity index (χ0n) is 14.9. The van der Waals surface area contributed by atoms with Crippen molar-refractivity contribution < 1.29 is 22.0 Å². The van der Waals surface area contributed by atoms with E-state index in [1.165, 1.54) is 36.8 Å². The minimum atomic E-state index is -4.21. The fraction of sp³-hybridized carbons (Fsp3) is 0. The lowest BCUT2D eigenvalue weighted by Gasteiger charge is -2.11. The first-order valence-electron chi connectivity index (χ1n) is 8.36. The van der Waals surface area contributed by atoms with E-state index in [1.54, 1.807) is 0 Å². The molecule has 0 bridgehead atoms. The molecule has 0 saturated heterocycles. The molecule has 1 aromatic carbocycles. The quantitative estimate of drug-likeness (QED) is 0.450. The molecule has 0 unspecified atom stereocenters. The van der Waals surface area contributed by atoms with E-state index in [-0.39, 0.29) is 20.9 Å². The van der Waals surface area contributed by atoms with Crippen LogP contribution in [0.3, 0.4) is 0 Å². The highest BCUT2D eigenvalue weighted by molar-refractivity contribution is 7.92. The van der Waals surface area contributed by atoms with Crippen LogP contribution in [0.5, 0.6) is 0 Å². The van der Waals surface area contributed by atoms with Gasteiger partial charge in [-0.05, 0) is 30.3 Å². The molecular weight excluding hydrogens is 438 g/mol. The van der Waals surface area contributed by atoms with Crippen LogP contribution in [0, 0.1) is 11.6 Å². The van der Waals surface area contributed by atoms with Gasteiger partial charge in [-0.1, -0.05) is 11.6 Å². The second-order valence-corrected chi connectivity index (χ2v) is 8.28. The van der Waals surface area contributed by atoms with E-state index in [2.05, 4.69) is 15.0 Å². The van der Waals surface area contributed by atoms with Gasteiger partial charge in [0.05, 0.1) is 16.3 Å². The van der Waals surface area contributed by atoms with Gasteiger partial charge in [-0.15, -0.1) is 0 Å². The highest BCUT2D eigenvalue weighted by Gasteiger charge is 2.26. The molecule has 3 heterocycles. The summed E-state index contributed by atoms with van der Waals surface area (Å²) >= 11 is 5.90. The number of fused-ring (bicyclic) bond motifs is 1. The van der Waals surface area contributed by atoms with E-state index in [0.717, 1.165) is 18.3 Å². The van der Waals surface area contributed by atoms with Gasteiger partial charge in [-0.25, -0.2) is 22.2 Å². The molecule has 30 heavy (non-hydrogen) atoms. The van der Waals surface area contributed by atoms with Gasteiger partial charge in [0, 0.05) is 35.7 Å². The number of aromatic nitrogens is 3. The van der Waals surface area contributed by atoms with Crippen molar-refractivity contribution in [2.24, 2.45) is 0 Å². The summed E-state index contributed by atoms with van der Waals surface area (Å²) in [5.74, 6) is -3.49. The van der Waals surface area contributed by atoms with Crippen molar-refractivity contribution in [2.45, 2.75) is 4.90 Å². The van der Waals surface area contributed by atoms with Crippen LogP contribution in [0.15, 0.2) is 60.0 Å². The molecule has 152 valence electrons. The molecule has 11 heteroatoms. The molecule has 0 amide bonds. The number of ketones is 1. The Labute approximate surface area is 173 Å². The van der Waals surface area contributed by atoms with E-state index < -0.39 is 38.7 Å². The third-order valence-corrected chi connectivity index (χ3v) is 5.81. The number of aromatic amines is 1. The maximum Gasteiger partial charge on any atom is 0.263 e. The van der Waals surface area contributed by atoms with Gasteiger partial charge in [-0.2, -0.15) is 0 Å². The van der Waals surface area contributed by atoms with Crippen LogP contribution in [-0.4, -0.2) is 29.2 Å². The molecule has 4 rings (SSSR count). The zero-order chi connectivity index (χ0) is 21.5. The Hall–Kier alpha value is -3.37. The van der Waals surface area contributed by atoms with Gasteiger partial charge in [0.1, 0.15) is 16.4 Å². The van der Waals surface area contributed by atoms with E-state index >= 15 is 4.39 Å². The average Bonchev–Trinajstić information content (AvgIpc) is 3.14. The Kier molecular flexibility index (Phi) is 4.96. The fourth-order valence-electron chi connectivity index (χ4n) is 2.85. The number of benzene rings is 1. The first kappa shape index (κ1) is 19.9. The smallest absolute Gasteiger partial charge is 0.263 e. The van der Waals surface area contributed by atoms with E-state index in [1.807, 2.05) is 4.72 Å². The molecule has 2 N–H and O–H groups in total. The standard InChI is InChI=1S/C19H11ClF2N4O3S/c20-10-6-12-13(9-25-19(12)24-7-10)18(27)16-14(21)3-4-15(17(16)22)26-30(28,29)11-2-1-5-23-8-11/h1-9,26H,(H,24,25). The second kappa shape index (κ2) is 7.47. The van der Waals surface area contributed by atoms with Crippen molar-refractivity contribution in [3.05, 3.63) is 82.9 Å². The number of nitrogens with one attached hydrogen (secondary N) is 2. The lowest BCUT2D eigenvalue weighted by atomic mass is 10.0. The predicted molar refractivity (Wildman–Crippen MR) is 106 cm³/mol. The average molecular weight is 449 g/mol. The largest absolute Gasteiger partial charge is 0.345 e. The van der Waals surface area contributed by atoms with Gasteiger partial charge < -0.3 is 4.98 Å². The molecule has 0 aliphatic carbocycles. The highest BCUT2D eigenvalue weighted by atomic mass is 35.5. The molecular formula is C19H11ClF2N4O3S. The first-order valence-corrected chi connectivity index (χ1v) is 10.2. The molecule has 0 radical (unpaired) electrons. The maximum absolute atomic E-state index is 15.0. The van der Waals surface area contributed by atoms with E-state index in [0.29, 0.717) is 5.65 Å². The summed E-state index contributed by atoms with van der Waals surface area (Å²) in [6, 6.07) is 5.77. The monoisotopic (exact) mass is 448 g/mol. The predicted octanol–water partition coefficient (Wildman–Crippen LogP) is 3.92. The van der Waals surface area contributed by atoms with Crippen LogP contribution in [-0.2, 0) is 10.0 Å². The summed E-state index contributed by atoms with van der Waals surface area (Å²) in [5.41, 5.74) is -1.26. The Morgan fingerprint density at radius 2 is 1.97 bits per heavy atom. The first-order chi connectivity index (χ1) is 14.3. The summed E-state index contributed by atoms with van der Waals surface area (Å²) in [6.07, 6.45) is 5.04. The summed E-state index contributed by atoms with van der Waals surface area (Å²) in [7, 11) is -4.21. The minimum Gasteiger partial charge on any atom is -0.345 e. The normalized spacial score (nSPS) is 11.6. The molecule has 0 aliphatic rings. The Balaban J connectivity index is 1.78. The maximum atomic E-state index is 15.0. The van der Waals surface area contributed by atoms with Crippen molar-refractivity contribution in [2.75, 3.05) is 4.72 Å². The topological polar surface area (TPSA) is 105 Å². The number of carbonyl (C=O) groups is 1. The van der Waals surface area contributed by atoms with E-state index in [9.17, 15) is 17.6 Å². The number of rotatable bonds is 5. The minimum absolute atomic E-state index is 0.0648. The van der Waals surface area contributed by atoms with Gasteiger partial charge in [0.25, 0.3) is 10.0 Å². The lowest BCUT2D eigenvalue weighted by Crippen LogP contribution is -2.16. The van der Waals surface area contributed by atoms with Gasteiger partial charge in [-0.3, -0.25) is 14.5 Å². The number of halogens is 3. The molecule has 0 saturated carbocycles. The number of sulfonamides is 1. The van der Waals surface area contributed by atoms with Crippen molar-refractivity contribution >= 4 is 44.1 Å². The van der Waals surface area contributed by atoms with Gasteiger partial charge in [0.2, 0.25) is 5.78 Å². The van der Waals surface area contributed by atoms with Crippen LogP contribution in [0.25, 0.3) is 11.0 Å². The lowest BCUT2D eigenvalue weighted by molar-refractivity contribution is 0.103. The molecule has 3 aromatic heterocycles. The summed E-state index contributed by atoms with van der Waals surface area (Å²) < 4.78 is 56.3.